The molecule has 1 aliphatic rings. The van der Waals surface area contributed by atoms with E-state index in [1.165, 1.54) is 20.0 Å². The SMILES string of the molecule is COC(CN)C(=O)NC1CCCCC1(C)C. The molecular formula is C12H24N2O2. The fraction of sp³-hybridized carbons (Fsp3) is 0.917. The van der Waals surface area contributed by atoms with Crippen LogP contribution in [0.2, 0.25) is 0 Å². The topological polar surface area (TPSA) is 64.3 Å². The van der Waals surface area contributed by atoms with Gasteiger partial charge in [-0.3, -0.25) is 4.79 Å². The van der Waals surface area contributed by atoms with Crippen molar-refractivity contribution in [1.82, 2.24) is 5.32 Å². The molecule has 0 aliphatic heterocycles. The standard InChI is InChI=1S/C12H24N2O2/c1-12(2)7-5-4-6-10(12)14-11(15)9(8-13)16-3/h9-10H,4-8,13H2,1-3H3,(H,14,15). The van der Waals surface area contributed by atoms with Crippen molar-refractivity contribution in [1.29, 1.82) is 0 Å². The van der Waals surface area contributed by atoms with Gasteiger partial charge in [0.1, 0.15) is 6.10 Å². The van der Waals surface area contributed by atoms with Gasteiger partial charge in [-0.2, -0.15) is 0 Å². The van der Waals surface area contributed by atoms with Crippen molar-refractivity contribution >= 4 is 5.91 Å². The second kappa shape index (κ2) is 5.64. The highest BCUT2D eigenvalue weighted by atomic mass is 16.5. The Balaban J connectivity index is 2.55. The number of rotatable bonds is 4. The van der Waals surface area contributed by atoms with E-state index in [1.807, 2.05) is 0 Å². The first kappa shape index (κ1) is 13.5. The molecule has 3 N–H and O–H groups in total. The van der Waals surface area contributed by atoms with Crippen LogP contribution in [0.15, 0.2) is 0 Å². The molecule has 0 bridgehead atoms. The van der Waals surface area contributed by atoms with E-state index in [1.54, 1.807) is 0 Å². The number of nitrogens with two attached hydrogens (primary N) is 1. The van der Waals surface area contributed by atoms with E-state index >= 15 is 0 Å². The van der Waals surface area contributed by atoms with Crippen LogP contribution in [0.3, 0.4) is 0 Å². The van der Waals surface area contributed by atoms with Crippen LogP contribution < -0.4 is 11.1 Å². The van der Waals surface area contributed by atoms with E-state index in [2.05, 4.69) is 19.2 Å². The molecule has 2 atom stereocenters. The van der Waals surface area contributed by atoms with Crippen molar-refractivity contribution in [3.63, 3.8) is 0 Å². The zero-order chi connectivity index (χ0) is 12.2. The summed E-state index contributed by atoms with van der Waals surface area (Å²) in [5, 5.41) is 3.07. The number of carbonyl (C=O) groups excluding carboxylic acids is 1. The molecule has 2 unspecified atom stereocenters. The van der Waals surface area contributed by atoms with Crippen LogP contribution in [-0.4, -0.2) is 31.7 Å². The summed E-state index contributed by atoms with van der Waals surface area (Å²) in [6.07, 6.45) is 4.15. The molecule has 94 valence electrons. The second-order valence-electron chi connectivity index (χ2n) is 5.26. The first-order valence-corrected chi connectivity index (χ1v) is 6.04. The molecule has 1 rings (SSSR count). The van der Waals surface area contributed by atoms with E-state index in [0.717, 1.165) is 12.8 Å². The van der Waals surface area contributed by atoms with Gasteiger partial charge in [-0.05, 0) is 18.3 Å². The van der Waals surface area contributed by atoms with Crippen molar-refractivity contribution in [3.8, 4) is 0 Å². The first-order valence-electron chi connectivity index (χ1n) is 6.04. The quantitative estimate of drug-likeness (QED) is 0.756. The highest BCUT2D eigenvalue weighted by Crippen LogP contribution is 2.35. The fourth-order valence-electron chi connectivity index (χ4n) is 2.34. The minimum atomic E-state index is -0.516. The summed E-state index contributed by atoms with van der Waals surface area (Å²) >= 11 is 0. The minimum absolute atomic E-state index is 0.0787. The van der Waals surface area contributed by atoms with Crippen molar-refractivity contribution in [3.05, 3.63) is 0 Å². The Hall–Kier alpha value is -0.610. The third-order valence-corrected chi connectivity index (χ3v) is 3.61. The van der Waals surface area contributed by atoms with Gasteiger partial charge in [0, 0.05) is 19.7 Å². The second-order valence-corrected chi connectivity index (χ2v) is 5.26. The lowest BCUT2D eigenvalue weighted by molar-refractivity contribution is -0.132. The predicted octanol–water partition coefficient (Wildman–Crippen LogP) is 1.05. The number of carbonyl (C=O) groups is 1. The van der Waals surface area contributed by atoms with Crippen molar-refractivity contribution in [2.45, 2.75) is 51.7 Å². The molecule has 16 heavy (non-hydrogen) atoms. The van der Waals surface area contributed by atoms with Crippen LogP contribution in [-0.2, 0) is 9.53 Å². The summed E-state index contributed by atoms with van der Waals surface area (Å²) in [6.45, 7) is 4.65. The smallest absolute Gasteiger partial charge is 0.250 e. The van der Waals surface area contributed by atoms with Crippen molar-refractivity contribution in [2.75, 3.05) is 13.7 Å². The van der Waals surface area contributed by atoms with E-state index in [-0.39, 0.29) is 23.9 Å². The largest absolute Gasteiger partial charge is 0.370 e. The Bertz CT molecular complexity index is 237. The van der Waals surface area contributed by atoms with Gasteiger partial charge in [0.2, 0.25) is 0 Å². The normalized spacial score (nSPS) is 26.1. The maximum absolute atomic E-state index is 11.8. The van der Waals surface area contributed by atoms with Crippen LogP contribution in [0, 0.1) is 5.41 Å². The number of methoxy groups -OCH3 is 1. The van der Waals surface area contributed by atoms with Crippen LogP contribution in [0.1, 0.15) is 39.5 Å². The van der Waals surface area contributed by atoms with Crippen LogP contribution in [0.5, 0.6) is 0 Å². The predicted molar refractivity (Wildman–Crippen MR) is 64.0 cm³/mol. The fourth-order valence-corrected chi connectivity index (χ4v) is 2.34. The van der Waals surface area contributed by atoms with E-state index in [4.69, 9.17) is 10.5 Å². The van der Waals surface area contributed by atoms with Crippen LogP contribution in [0.4, 0.5) is 0 Å². The molecule has 0 aromatic heterocycles. The van der Waals surface area contributed by atoms with Crippen molar-refractivity contribution in [2.24, 2.45) is 11.1 Å². The zero-order valence-corrected chi connectivity index (χ0v) is 10.6. The Morgan fingerprint density at radius 2 is 2.25 bits per heavy atom. The van der Waals surface area contributed by atoms with Crippen molar-refractivity contribution < 1.29 is 9.53 Å². The van der Waals surface area contributed by atoms with Gasteiger partial charge in [0.05, 0.1) is 0 Å². The molecule has 4 heteroatoms. The van der Waals surface area contributed by atoms with Gasteiger partial charge < -0.3 is 15.8 Å². The molecule has 0 spiro atoms. The molecule has 0 saturated heterocycles. The molecule has 0 aromatic carbocycles. The van der Waals surface area contributed by atoms with Gasteiger partial charge in [0.25, 0.3) is 5.91 Å². The maximum atomic E-state index is 11.8. The Kier molecular flexibility index (Phi) is 4.74. The third kappa shape index (κ3) is 3.19. The van der Waals surface area contributed by atoms with Gasteiger partial charge >= 0.3 is 0 Å². The molecule has 0 heterocycles. The number of ether oxygens (including phenoxy) is 1. The molecule has 0 radical (unpaired) electrons. The number of hydrogen-bond donors (Lipinski definition) is 2. The highest BCUT2D eigenvalue weighted by Gasteiger charge is 2.34. The summed E-state index contributed by atoms with van der Waals surface area (Å²) in [5.41, 5.74) is 5.65. The molecule has 1 saturated carbocycles. The first-order chi connectivity index (χ1) is 7.51. The summed E-state index contributed by atoms with van der Waals surface area (Å²) < 4.78 is 5.03. The summed E-state index contributed by atoms with van der Waals surface area (Å²) in [6, 6.07) is 0.248. The van der Waals surface area contributed by atoms with Gasteiger partial charge in [0.15, 0.2) is 0 Å². The highest BCUT2D eigenvalue weighted by molar-refractivity contribution is 5.81. The van der Waals surface area contributed by atoms with Gasteiger partial charge in [-0.25, -0.2) is 0 Å². The minimum Gasteiger partial charge on any atom is -0.370 e. The Morgan fingerprint density at radius 3 is 2.75 bits per heavy atom. The summed E-state index contributed by atoms with van der Waals surface area (Å²) in [4.78, 5) is 11.8. The molecular weight excluding hydrogens is 204 g/mol. The lowest BCUT2D eigenvalue weighted by Gasteiger charge is -2.39. The van der Waals surface area contributed by atoms with E-state index in [9.17, 15) is 4.79 Å². The van der Waals surface area contributed by atoms with Gasteiger partial charge in [-0.15, -0.1) is 0 Å². The van der Waals surface area contributed by atoms with E-state index in [0.29, 0.717) is 0 Å². The Labute approximate surface area is 97.9 Å². The average molecular weight is 228 g/mol. The average Bonchev–Trinajstić information content (AvgIpc) is 2.23. The lowest BCUT2D eigenvalue weighted by Crippen LogP contribution is -2.51. The number of hydrogen-bond acceptors (Lipinski definition) is 3. The van der Waals surface area contributed by atoms with Gasteiger partial charge in [-0.1, -0.05) is 26.7 Å². The molecule has 4 nitrogen and oxygen atoms in total. The monoisotopic (exact) mass is 228 g/mol. The van der Waals surface area contributed by atoms with Crippen LogP contribution >= 0.6 is 0 Å². The molecule has 1 amide bonds. The number of amides is 1. The zero-order valence-electron chi connectivity index (χ0n) is 10.6. The van der Waals surface area contributed by atoms with Crippen LogP contribution in [0.25, 0.3) is 0 Å². The molecule has 1 fully saturated rings. The lowest BCUT2D eigenvalue weighted by atomic mass is 9.73. The number of nitrogens with one attached hydrogen (secondary N) is 1. The Morgan fingerprint density at radius 1 is 1.56 bits per heavy atom. The molecule has 1 aliphatic carbocycles. The van der Waals surface area contributed by atoms with E-state index < -0.39 is 6.10 Å². The summed E-state index contributed by atoms with van der Waals surface area (Å²) in [7, 11) is 1.52. The maximum Gasteiger partial charge on any atom is 0.250 e. The third-order valence-electron chi connectivity index (χ3n) is 3.61. The molecule has 0 aromatic rings. The summed E-state index contributed by atoms with van der Waals surface area (Å²) in [5.74, 6) is -0.0787.